The summed E-state index contributed by atoms with van der Waals surface area (Å²) in [5, 5.41) is 3.96. The smallest absolute Gasteiger partial charge is 0.702 e. The van der Waals surface area contributed by atoms with Gasteiger partial charge in [0.2, 0.25) is 0 Å². The van der Waals surface area contributed by atoms with E-state index in [0.717, 1.165) is 25.9 Å². The molecule has 1 aliphatic rings. The Balaban J connectivity index is 0. The van der Waals surface area contributed by atoms with Crippen molar-refractivity contribution >= 4 is 18.7 Å². The molecule has 1 aliphatic heterocycles. The Labute approximate surface area is 183 Å². The second-order valence-corrected chi connectivity index (χ2v) is 3.32. The van der Waals surface area contributed by atoms with E-state index < -0.39 is 0 Å². The van der Waals surface area contributed by atoms with Crippen molar-refractivity contribution in [2.45, 2.75) is 25.8 Å². The molecule has 0 N–H and O–H groups in total. The number of hydrogen-bond acceptors (Lipinski definition) is 3. The Kier molecular flexibility index (Phi) is 15.2. The molecule has 3 nitrogen and oxygen atoms in total. The molecule has 1 heterocycles. The minimum atomic E-state index is -0.0622. The van der Waals surface area contributed by atoms with Crippen LogP contribution in [0.2, 0.25) is 0 Å². The summed E-state index contributed by atoms with van der Waals surface area (Å²) >= 11 is 4.96. The Bertz CT molecular complexity index is 151. The number of rotatable bonds is 1. The van der Waals surface area contributed by atoms with Gasteiger partial charge in [0.25, 0.3) is 0 Å². The maximum Gasteiger partial charge on any atom is 1.00 e. The summed E-state index contributed by atoms with van der Waals surface area (Å²) in [7, 11) is 0. The van der Waals surface area contributed by atoms with Crippen LogP contribution < -0.4 is 116 Å². The summed E-state index contributed by atoms with van der Waals surface area (Å²) in [5.74, 6) is -0.0622. The number of piperidine rings is 1. The van der Waals surface area contributed by atoms with Crippen molar-refractivity contribution in [3.8, 4) is 0 Å². The quantitative estimate of drug-likeness (QED) is 0.447. The minimum Gasteiger partial charge on any atom is -0.702 e. The Morgan fingerprint density at radius 3 is 2.23 bits per heavy atom. The third-order valence-corrected chi connectivity index (χ3v) is 2.15. The van der Waals surface area contributed by atoms with Crippen molar-refractivity contribution in [1.29, 1.82) is 0 Å². The summed E-state index contributed by atoms with van der Waals surface area (Å²) in [6.07, 6.45) is 1.87. The molecule has 0 aliphatic carbocycles. The fourth-order valence-corrected chi connectivity index (χ4v) is 1.44. The number of amides is 1. The van der Waals surface area contributed by atoms with Crippen molar-refractivity contribution in [3.63, 3.8) is 0 Å². The number of nitrogens with zero attached hydrogens (tertiary/aromatic N) is 2. The second-order valence-electron chi connectivity index (χ2n) is 2.81. The normalized spacial score (nSPS) is 18.3. The molecule has 0 saturated carbocycles. The molecule has 0 radical (unpaired) electrons. The van der Waals surface area contributed by atoms with E-state index in [0.29, 0.717) is 0 Å². The molecular weight excluding hydrogens is 331 g/mol. The van der Waals surface area contributed by atoms with Crippen LogP contribution in [-0.4, -0.2) is 29.3 Å². The van der Waals surface area contributed by atoms with Crippen LogP contribution in [-0.2, 0) is 17.6 Å². The molecule has 1 rings (SSSR count). The Morgan fingerprint density at radius 1 is 1.38 bits per heavy atom. The predicted molar refractivity (Wildman–Crippen MR) is 46.0 cm³/mol. The third kappa shape index (κ3) is 9.12. The number of hydrogen-bond donors (Lipinski definition) is 0. The fraction of sp³-hybridized carbons (Fsp3) is 0.857. The van der Waals surface area contributed by atoms with Crippen molar-refractivity contribution < 1.29 is 121 Å². The topological polar surface area (TPSA) is 34.4 Å². The van der Waals surface area contributed by atoms with Gasteiger partial charge < -0.3 is 27.2 Å². The van der Waals surface area contributed by atoms with Gasteiger partial charge in [0.15, 0.2) is 0 Å². The summed E-state index contributed by atoms with van der Waals surface area (Å²) in [6.45, 7) is 3.27. The largest absolute Gasteiger partial charge is 1.00 e. The van der Waals surface area contributed by atoms with Crippen LogP contribution in [0.1, 0.15) is 19.8 Å². The van der Waals surface area contributed by atoms with Gasteiger partial charge in [0.05, 0.1) is 0 Å². The molecule has 1 fully saturated rings. The van der Waals surface area contributed by atoms with Gasteiger partial charge in [-0.25, -0.2) is 0 Å². The van der Waals surface area contributed by atoms with Crippen molar-refractivity contribution in [2.24, 2.45) is 0 Å². The van der Waals surface area contributed by atoms with Gasteiger partial charge in [-0.3, -0.25) is 0 Å². The molecule has 0 aromatic carbocycles. The molecule has 0 bridgehead atoms. The van der Waals surface area contributed by atoms with Gasteiger partial charge in [-0.1, -0.05) is 12.8 Å². The van der Waals surface area contributed by atoms with Gasteiger partial charge in [0.1, 0.15) is 0 Å². The zero-order chi connectivity index (χ0) is 8.27. The minimum absolute atomic E-state index is 0. The molecule has 64 valence electrons. The van der Waals surface area contributed by atoms with Crippen molar-refractivity contribution in [3.05, 3.63) is 5.32 Å². The first kappa shape index (κ1) is 18.7. The predicted octanol–water partition coefficient (Wildman–Crippen LogP) is -5.16. The first-order chi connectivity index (χ1) is 5.18. The van der Waals surface area contributed by atoms with Crippen LogP contribution >= 0.6 is 0 Å². The van der Waals surface area contributed by atoms with Gasteiger partial charge in [0, 0.05) is 5.91 Å². The maximum atomic E-state index is 10.6. The average Bonchev–Trinajstić information content (AvgIpc) is 1.93. The Morgan fingerprint density at radius 2 is 1.85 bits per heavy atom. The van der Waals surface area contributed by atoms with E-state index in [1.165, 1.54) is 6.92 Å². The zero-order valence-corrected chi connectivity index (χ0v) is 19.3. The van der Waals surface area contributed by atoms with Gasteiger partial charge >= 0.3 is 116 Å². The monoisotopic (exact) mass is 342 g/mol. The van der Waals surface area contributed by atoms with E-state index >= 15 is 0 Å². The molecule has 1 amide bonds. The van der Waals surface area contributed by atoms with Crippen LogP contribution in [0.25, 0.3) is 5.32 Å². The molecule has 13 heavy (non-hydrogen) atoms. The van der Waals surface area contributed by atoms with Crippen LogP contribution in [0.3, 0.4) is 0 Å². The summed E-state index contributed by atoms with van der Waals surface area (Å²) in [6, 6.07) is 0.228. The first-order valence-electron chi connectivity index (χ1n) is 3.82. The molecular formula is C7H12N2ORb2S. The molecule has 0 spiro atoms. The SMILES string of the molecule is CC(=O)[N-]C1CCN([S-])CC1.[Rb+].[Rb+]. The van der Waals surface area contributed by atoms with E-state index in [2.05, 4.69) is 5.32 Å². The van der Waals surface area contributed by atoms with Crippen LogP contribution in [0.5, 0.6) is 0 Å². The molecule has 1 saturated heterocycles. The molecule has 0 unspecified atom stereocenters. The molecule has 6 heteroatoms. The van der Waals surface area contributed by atoms with E-state index in [1.807, 2.05) is 4.31 Å². The molecule has 0 aromatic rings. The first-order valence-corrected chi connectivity index (χ1v) is 4.18. The van der Waals surface area contributed by atoms with Crippen LogP contribution in [0, 0.1) is 0 Å². The standard InChI is InChI=1S/C7H13N2OS.2Rb/c1-6(10)8-7-2-4-9(11)5-3-7;;/h7H,2-5H2,1H3,(H,8,10);;/q-1;2*+1/p-1. The summed E-state index contributed by atoms with van der Waals surface area (Å²) in [5.41, 5.74) is 0. The number of carbonyl (C=O) groups excluding carboxylic acids is 1. The van der Waals surface area contributed by atoms with E-state index in [9.17, 15) is 4.79 Å². The zero-order valence-electron chi connectivity index (χ0n) is 8.62. The van der Waals surface area contributed by atoms with Gasteiger partial charge in [-0.15, -0.1) is 6.04 Å². The van der Waals surface area contributed by atoms with E-state index in [4.69, 9.17) is 12.8 Å². The summed E-state index contributed by atoms with van der Waals surface area (Å²) < 4.78 is 1.85. The maximum absolute atomic E-state index is 10.6. The molecule has 0 aromatic heterocycles. The number of carbonyl (C=O) groups is 1. The van der Waals surface area contributed by atoms with Crippen LogP contribution in [0.4, 0.5) is 0 Å². The Hall–Kier alpha value is 3.39. The van der Waals surface area contributed by atoms with Crippen LogP contribution in [0.15, 0.2) is 0 Å². The van der Waals surface area contributed by atoms with E-state index in [-0.39, 0.29) is 128 Å². The van der Waals surface area contributed by atoms with Gasteiger partial charge in [-0.05, 0) is 20.0 Å². The second kappa shape index (κ2) is 10.5. The van der Waals surface area contributed by atoms with Crippen molar-refractivity contribution in [1.82, 2.24) is 4.31 Å². The van der Waals surface area contributed by atoms with E-state index in [1.54, 1.807) is 0 Å². The molecule has 0 atom stereocenters. The third-order valence-electron chi connectivity index (χ3n) is 1.79. The summed E-state index contributed by atoms with van der Waals surface area (Å²) in [4.78, 5) is 10.6. The average molecular weight is 343 g/mol. The van der Waals surface area contributed by atoms with Gasteiger partial charge in [-0.2, -0.15) is 0 Å². The fourth-order valence-electron chi connectivity index (χ4n) is 1.23. The van der Waals surface area contributed by atoms with Crippen molar-refractivity contribution in [2.75, 3.05) is 13.1 Å².